The fraction of sp³-hybridized carbons (Fsp3) is 0.571. The number of aromatic nitrogens is 1. The third-order valence-electron chi connectivity index (χ3n) is 3.15. The molecule has 4 heteroatoms. The Morgan fingerprint density at radius 3 is 2.94 bits per heavy atom. The zero-order valence-corrected chi connectivity index (χ0v) is 10.9. The number of ether oxygens (including phenoxy) is 1. The SMILES string of the molecule is Cc1ccc(OCCCCN2CCCC2=O)cn1. The van der Waals surface area contributed by atoms with Crippen LogP contribution in [0.2, 0.25) is 0 Å². The molecule has 0 aliphatic carbocycles. The molecule has 0 N–H and O–H groups in total. The normalized spacial score (nSPS) is 15.2. The molecule has 0 aromatic carbocycles. The Kier molecular flexibility index (Phi) is 4.56. The molecule has 1 amide bonds. The Bertz CT molecular complexity index is 389. The fourth-order valence-corrected chi connectivity index (χ4v) is 2.07. The van der Waals surface area contributed by atoms with Gasteiger partial charge in [-0.2, -0.15) is 0 Å². The summed E-state index contributed by atoms with van der Waals surface area (Å²) in [5, 5.41) is 0. The lowest BCUT2D eigenvalue weighted by Crippen LogP contribution is -2.25. The molecule has 1 saturated heterocycles. The van der Waals surface area contributed by atoms with Gasteiger partial charge in [-0.3, -0.25) is 9.78 Å². The number of hydrogen-bond acceptors (Lipinski definition) is 3. The molecule has 2 rings (SSSR count). The molecule has 1 aliphatic rings. The van der Waals surface area contributed by atoms with Crippen LogP contribution in [0.5, 0.6) is 5.75 Å². The Labute approximate surface area is 108 Å². The van der Waals surface area contributed by atoms with E-state index in [2.05, 4.69) is 4.98 Å². The van der Waals surface area contributed by atoms with Crippen molar-refractivity contribution in [3.63, 3.8) is 0 Å². The molecule has 0 unspecified atom stereocenters. The number of aryl methyl sites for hydroxylation is 1. The monoisotopic (exact) mass is 248 g/mol. The maximum atomic E-state index is 11.4. The van der Waals surface area contributed by atoms with Gasteiger partial charge in [-0.15, -0.1) is 0 Å². The molecule has 1 fully saturated rings. The summed E-state index contributed by atoms with van der Waals surface area (Å²) < 4.78 is 5.59. The van der Waals surface area contributed by atoms with Crippen molar-refractivity contribution in [2.24, 2.45) is 0 Å². The molecule has 1 aromatic rings. The lowest BCUT2D eigenvalue weighted by molar-refractivity contribution is -0.127. The van der Waals surface area contributed by atoms with Crippen molar-refractivity contribution in [2.75, 3.05) is 19.7 Å². The van der Waals surface area contributed by atoms with Gasteiger partial charge in [0, 0.05) is 25.2 Å². The molecule has 0 saturated carbocycles. The zero-order chi connectivity index (χ0) is 12.8. The number of hydrogen-bond donors (Lipinski definition) is 0. The predicted molar refractivity (Wildman–Crippen MR) is 69.5 cm³/mol. The highest BCUT2D eigenvalue weighted by Gasteiger charge is 2.18. The highest BCUT2D eigenvalue weighted by Crippen LogP contribution is 2.12. The van der Waals surface area contributed by atoms with Gasteiger partial charge in [-0.05, 0) is 38.3 Å². The number of nitrogens with zero attached hydrogens (tertiary/aromatic N) is 2. The Balaban J connectivity index is 1.58. The van der Waals surface area contributed by atoms with Crippen LogP contribution >= 0.6 is 0 Å². The average Bonchev–Trinajstić information content (AvgIpc) is 2.77. The van der Waals surface area contributed by atoms with Crippen LogP contribution in [-0.4, -0.2) is 35.5 Å². The molecule has 1 aliphatic heterocycles. The summed E-state index contributed by atoms with van der Waals surface area (Å²) in [5.41, 5.74) is 0.995. The summed E-state index contributed by atoms with van der Waals surface area (Å²) >= 11 is 0. The Hall–Kier alpha value is -1.58. The summed E-state index contributed by atoms with van der Waals surface area (Å²) in [4.78, 5) is 17.5. The Morgan fingerprint density at radius 1 is 1.39 bits per heavy atom. The predicted octanol–water partition coefficient (Wildman–Crippen LogP) is 2.17. The van der Waals surface area contributed by atoms with E-state index in [0.717, 1.165) is 50.2 Å². The minimum atomic E-state index is 0.304. The van der Waals surface area contributed by atoms with E-state index in [1.165, 1.54) is 0 Å². The van der Waals surface area contributed by atoms with E-state index < -0.39 is 0 Å². The molecular weight excluding hydrogens is 228 g/mol. The molecule has 0 spiro atoms. The molecule has 0 atom stereocenters. The van der Waals surface area contributed by atoms with E-state index >= 15 is 0 Å². The minimum Gasteiger partial charge on any atom is -0.492 e. The maximum Gasteiger partial charge on any atom is 0.222 e. The standard InChI is InChI=1S/C14H20N2O2/c1-12-6-7-13(11-15-12)18-10-3-2-8-16-9-4-5-14(16)17/h6-7,11H,2-5,8-10H2,1H3. The van der Waals surface area contributed by atoms with Crippen molar-refractivity contribution in [1.29, 1.82) is 0 Å². The van der Waals surface area contributed by atoms with E-state index in [1.807, 2.05) is 24.0 Å². The van der Waals surface area contributed by atoms with Crippen molar-refractivity contribution >= 4 is 5.91 Å². The average molecular weight is 248 g/mol. The smallest absolute Gasteiger partial charge is 0.222 e. The maximum absolute atomic E-state index is 11.4. The van der Waals surface area contributed by atoms with Gasteiger partial charge in [0.05, 0.1) is 12.8 Å². The summed E-state index contributed by atoms with van der Waals surface area (Å²) in [7, 11) is 0. The van der Waals surface area contributed by atoms with Crippen molar-refractivity contribution in [3.05, 3.63) is 24.0 Å². The first-order valence-electron chi connectivity index (χ1n) is 6.59. The third-order valence-corrected chi connectivity index (χ3v) is 3.15. The first-order valence-corrected chi connectivity index (χ1v) is 6.59. The largest absolute Gasteiger partial charge is 0.492 e. The van der Waals surface area contributed by atoms with Crippen LogP contribution in [0, 0.1) is 6.92 Å². The second-order valence-corrected chi connectivity index (χ2v) is 4.68. The Morgan fingerprint density at radius 2 is 2.28 bits per heavy atom. The van der Waals surface area contributed by atoms with Gasteiger partial charge in [0.1, 0.15) is 5.75 Å². The molecule has 1 aromatic heterocycles. The third kappa shape index (κ3) is 3.72. The molecule has 0 radical (unpaired) electrons. The summed E-state index contributed by atoms with van der Waals surface area (Å²) in [6, 6.07) is 3.88. The van der Waals surface area contributed by atoms with E-state index in [-0.39, 0.29) is 0 Å². The summed E-state index contributed by atoms with van der Waals surface area (Å²) in [6.07, 6.45) is 5.47. The highest BCUT2D eigenvalue weighted by molar-refractivity contribution is 5.77. The molecule has 2 heterocycles. The number of carbonyl (C=O) groups excluding carboxylic acids is 1. The molecule has 0 bridgehead atoms. The van der Waals surface area contributed by atoms with Crippen LogP contribution in [0.15, 0.2) is 18.3 Å². The number of pyridine rings is 1. The minimum absolute atomic E-state index is 0.304. The van der Waals surface area contributed by atoms with E-state index in [4.69, 9.17) is 4.74 Å². The lowest BCUT2D eigenvalue weighted by Gasteiger charge is -2.15. The quantitative estimate of drug-likeness (QED) is 0.725. The molecule has 18 heavy (non-hydrogen) atoms. The van der Waals surface area contributed by atoms with Gasteiger partial charge < -0.3 is 9.64 Å². The van der Waals surface area contributed by atoms with Crippen LogP contribution in [0.1, 0.15) is 31.4 Å². The molecule has 4 nitrogen and oxygen atoms in total. The van der Waals surface area contributed by atoms with Crippen molar-refractivity contribution in [3.8, 4) is 5.75 Å². The van der Waals surface area contributed by atoms with Gasteiger partial charge in [0.15, 0.2) is 0 Å². The lowest BCUT2D eigenvalue weighted by atomic mass is 10.3. The topological polar surface area (TPSA) is 42.4 Å². The van der Waals surface area contributed by atoms with Crippen LogP contribution < -0.4 is 4.74 Å². The van der Waals surface area contributed by atoms with Crippen molar-refractivity contribution in [1.82, 2.24) is 9.88 Å². The van der Waals surface area contributed by atoms with Gasteiger partial charge in [0.2, 0.25) is 5.91 Å². The van der Waals surface area contributed by atoms with E-state index in [1.54, 1.807) is 6.20 Å². The van der Waals surface area contributed by atoms with Crippen molar-refractivity contribution in [2.45, 2.75) is 32.6 Å². The van der Waals surface area contributed by atoms with Gasteiger partial charge in [-0.1, -0.05) is 0 Å². The first kappa shape index (κ1) is 12.9. The summed E-state index contributed by atoms with van der Waals surface area (Å²) in [6.45, 7) is 4.44. The van der Waals surface area contributed by atoms with Crippen molar-refractivity contribution < 1.29 is 9.53 Å². The van der Waals surface area contributed by atoms with E-state index in [9.17, 15) is 4.79 Å². The van der Waals surface area contributed by atoms with Crippen LogP contribution in [0.4, 0.5) is 0 Å². The van der Waals surface area contributed by atoms with Crippen LogP contribution in [0.3, 0.4) is 0 Å². The molecular formula is C14H20N2O2. The van der Waals surface area contributed by atoms with Gasteiger partial charge >= 0.3 is 0 Å². The fourth-order valence-electron chi connectivity index (χ4n) is 2.07. The first-order chi connectivity index (χ1) is 8.75. The number of carbonyl (C=O) groups is 1. The highest BCUT2D eigenvalue weighted by atomic mass is 16.5. The number of likely N-dealkylation sites (tertiary alicyclic amines) is 1. The number of unbranched alkanes of at least 4 members (excludes halogenated alkanes) is 1. The van der Waals surface area contributed by atoms with Crippen LogP contribution in [-0.2, 0) is 4.79 Å². The number of rotatable bonds is 6. The zero-order valence-electron chi connectivity index (χ0n) is 10.9. The van der Waals surface area contributed by atoms with E-state index in [0.29, 0.717) is 12.5 Å². The summed E-state index contributed by atoms with van der Waals surface area (Å²) in [5.74, 6) is 1.12. The molecule has 98 valence electrons. The second-order valence-electron chi connectivity index (χ2n) is 4.68. The number of amides is 1. The second kappa shape index (κ2) is 6.38. The van der Waals surface area contributed by atoms with Gasteiger partial charge in [-0.25, -0.2) is 0 Å². The van der Waals surface area contributed by atoms with Gasteiger partial charge in [0.25, 0.3) is 0 Å². The van der Waals surface area contributed by atoms with Crippen LogP contribution in [0.25, 0.3) is 0 Å².